The van der Waals surface area contributed by atoms with E-state index in [4.69, 9.17) is 4.74 Å². The standard InChI is InChI=1S/C24H29NO2/c1-4-24(26)27-23-14-13-18(2)16-22(23)21(19-10-6-5-7-11-19)17-20-12-8-9-15-25(20)3/h5-7,10-11,13-14,16-17,20H,4,8-9,12,15H2,1-3H3/b21-17+. The molecule has 0 aliphatic carbocycles. The van der Waals surface area contributed by atoms with Gasteiger partial charge in [-0.25, -0.2) is 0 Å². The highest BCUT2D eigenvalue weighted by molar-refractivity contribution is 5.85. The predicted octanol–water partition coefficient (Wildman–Crippen LogP) is 5.23. The van der Waals surface area contributed by atoms with Crippen LogP contribution in [0.4, 0.5) is 0 Å². The highest BCUT2D eigenvalue weighted by atomic mass is 16.5. The third kappa shape index (κ3) is 4.86. The normalized spacial score (nSPS) is 18.3. The van der Waals surface area contributed by atoms with E-state index in [2.05, 4.69) is 55.3 Å². The lowest BCUT2D eigenvalue weighted by atomic mass is 9.91. The number of esters is 1. The van der Waals surface area contributed by atoms with Gasteiger partial charge < -0.3 is 4.74 Å². The van der Waals surface area contributed by atoms with Gasteiger partial charge in [0.15, 0.2) is 0 Å². The first-order valence-electron chi connectivity index (χ1n) is 9.87. The molecule has 27 heavy (non-hydrogen) atoms. The molecule has 3 heteroatoms. The average Bonchev–Trinajstić information content (AvgIpc) is 2.69. The molecule has 1 aliphatic rings. The minimum Gasteiger partial charge on any atom is -0.426 e. The van der Waals surface area contributed by atoms with Crippen LogP contribution in [0.5, 0.6) is 5.75 Å². The number of likely N-dealkylation sites (tertiary alicyclic amines) is 1. The van der Waals surface area contributed by atoms with E-state index in [1.165, 1.54) is 12.8 Å². The van der Waals surface area contributed by atoms with Gasteiger partial charge in [-0.2, -0.15) is 0 Å². The Morgan fingerprint density at radius 2 is 1.96 bits per heavy atom. The zero-order valence-corrected chi connectivity index (χ0v) is 16.6. The number of carbonyl (C=O) groups excluding carboxylic acids is 1. The van der Waals surface area contributed by atoms with Crippen molar-refractivity contribution in [1.82, 2.24) is 4.90 Å². The summed E-state index contributed by atoms with van der Waals surface area (Å²) in [7, 11) is 2.19. The Kier molecular flexibility index (Phi) is 6.46. The number of nitrogens with zero attached hydrogens (tertiary/aromatic N) is 1. The number of hydrogen-bond donors (Lipinski definition) is 0. The third-order valence-corrected chi connectivity index (χ3v) is 5.21. The lowest BCUT2D eigenvalue weighted by Crippen LogP contribution is -2.34. The number of aryl methyl sites for hydroxylation is 1. The SMILES string of the molecule is CCC(=O)Oc1ccc(C)cc1/C(=C/C1CCCCN1C)c1ccccc1. The zero-order chi connectivity index (χ0) is 19.2. The van der Waals surface area contributed by atoms with Gasteiger partial charge in [-0.05, 0) is 56.6 Å². The Balaban J connectivity index is 2.11. The summed E-state index contributed by atoms with van der Waals surface area (Å²) in [5.41, 5.74) is 4.43. The largest absolute Gasteiger partial charge is 0.426 e. The van der Waals surface area contributed by atoms with Gasteiger partial charge in [-0.15, -0.1) is 0 Å². The van der Waals surface area contributed by atoms with E-state index in [1.807, 2.05) is 25.1 Å². The quantitative estimate of drug-likeness (QED) is 0.538. The second-order valence-corrected chi connectivity index (χ2v) is 7.32. The predicted molar refractivity (Wildman–Crippen MR) is 111 cm³/mol. The average molecular weight is 364 g/mol. The van der Waals surface area contributed by atoms with Crippen molar-refractivity contribution in [2.24, 2.45) is 0 Å². The highest BCUT2D eigenvalue weighted by Gasteiger charge is 2.20. The summed E-state index contributed by atoms with van der Waals surface area (Å²) in [4.78, 5) is 14.4. The summed E-state index contributed by atoms with van der Waals surface area (Å²) in [6.07, 6.45) is 6.38. The van der Waals surface area contributed by atoms with Gasteiger partial charge in [-0.1, -0.05) is 61.4 Å². The van der Waals surface area contributed by atoms with Crippen LogP contribution in [0, 0.1) is 6.92 Å². The van der Waals surface area contributed by atoms with Crippen molar-refractivity contribution in [1.29, 1.82) is 0 Å². The molecule has 0 spiro atoms. The molecular formula is C24H29NO2. The molecular weight excluding hydrogens is 334 g/mol. The smallest absolute Gasteiger partial charge is 0.310 e. The summed E-state index contributed by atoms with van der Waals surface area (Å²) in [5.74, 6) is 0.434. The van der Waals surface area contributed by atoms with Crippen molar-refractivity contribution < 1.29 is 9.53 Å². The number of carbonyl (C=O) groups is 1. The molecule has 1 saturated heterocycles. The molecule has 1 unspecified atom stereocenters. The first-order valence-corrected chi connectivity index (χ1v) is 9.87. The Labute approximate surface area is 162 Å². The first-order chi connectivity index (χ1) is 13.1. The summed E-state index contributed by atoms with van der Waals surface area (Å²) in [5, 5.41) is 0. The molecule has 3 nitrogen and oxygen atoms in total. The van der Waals surface area contributed by atoms with E-state index in [1.54, 1.807) is 0 Å². The lowest BCUT2D eigenvalue weighted by Gasteiger charge is -2.31. The number of rotatable bonds is 5. The Hall–Kier alpha value is -2.39. The van der Waals surface area contributed by atoms with E-state index in [0.29, 0.717) is 18.2 Å². The highest BCUT2D eigenvalue weighted by Crippen LogP contribution is 2.34. The van der Waals surface area contributed by atoms with E-state index >= 15 is 0 Å². The van der Waals surface area contributed by atoms with Crippen LogP contribution in [-0.4, -0.2) is 30.5 Å². The van der Waals surface area contributed by atoms with Crippen LogP contribution in [0.3, 0.4) is 0 Å². The van der Waals surface area contributed by atoms with Gasteiger partial charge >= 0.3 is 5.97 Å². The second kappa shape index (κ2) is 9.01. The fraction of sp³-hybridized carbons (Fsp3) is 0.375. The Morgan fingerprint density at radius 1 is 1.19 bits per heavy atom. The number of piperidine rings is 1. The van der Waals surface area contributed by atoms with Crippen LogP contribution >= 0.6 is 0 Å². The molecule has 2 aromatic carbocycles. The van der Waals surface area contributed by atoms with Crippen LogP contribution in [0.15, 0.2) is 54.6 Å². The van der Waals surface area contributed by atoms with Crippen molar-refractivity contribution >= 4 is 11.5 Å². The van der Waals surface area contributed by atoms with E-state index in [-0.39, 0.29) is 5.97 Å². The van der Waals surface area contributed by atoms with Crippen molar-refractivity contribution in [3.63, 3.8) is 0 Å². The van der Waals surface area contributed by atoms with Crippen LogP contribution in [0.25, 0.3) is 5.57 Å². The molecule has 3 rings (SSSR count). The molecule has 1 heterocycles. The van der Waals surface area contributed by atoms with Crippen molar-refractivity contribution in [3.8, 4) is 5.75 Å². The zero-order valence-electron chi connectivity index (χ0n) is 16.6. The summed E-state index contributed by atoms with van der Waals surface area (Å²) in [6.45, 7) is 5.01. The van der Waals surface area contributed by atoms with Crippen LogP contribution < -0.4 is 4.74 Å². The molecule has 0 bridgehead atoms. The second-order valence-electron chi connectivity index (χ2n) is 7.32. The third-order valence-electron chi connectivity index (χ3n) is 5.21. The maximum Gasteiger partial charge on any atom is 0.310 e. The minimum atomic E-state index is -0.206. The maximum atomic E-state index is 12.0. The molecule has 0 aromatic heterocycles. The number of benzene rings is 2. The Bertz CT molecular complexity index is 810. The fourth-order valence-electron chi connectivity index (χ4n) is 3.60. The van der Waals surface area contributed by atoms with Crippen molar-refractivity contribution in [2.75, 3.05) is 13.6 Å². The minimum absolute atomic E-state index is 0.206. The lowest BCUT2D eigenvalue weighted by molar-refractivity contribution is -0.134. The van der Waals surface area contributed by atoms with Gasteiger partial charge in [0.1, 0.15) is 5.75 Å². The first kappa shape index (κ1) is 19.4. The van der Waals surface area contributed by atoms with E-state index in [9.17, 15) is 4.79 Å². The fourth-order valence-corrected chi connectivity index (χ4v) is 3.60. The van der Waals surface area contributed by atoms with Crippen molar-refractivity contribution in [2.45, 2.75) is 45.6 Å². The number of hydrogen-bond acceptors (Lipinski definition) is 3. The van der Waals surface area contributed by atoms with Crippen molar-refractivity contribution in [3.05, 3.63) is 71.3 Å². The molecule has 0 radical (unpaired) electrons. The maximum absolute atomic E-state index is 12.0. The Morgan fingerprint density at radius 3 is 2.67 bits per heavy atom. The monoisotopic (exact) mass is 363 g/mol. The van der Waals surface area contributed by atoms with Gasteiger partial charge in [-0.3, -0.25) is 9.69 Å². The molecule has 142 valence electrons. The van der Waals surface area contributed by atoms with E-state index in [0.717, 1.165) is 35.2 Å². The molecule has 1 fully saturated rings. The topological polar surface area (TPSA) is 29.5 Å². The van der Waals surface area contributed by atoms with Crippen LogP contribution in [0.2, 0.25) is 0 Å². The molecule has 1 aliphatic heterocycles. The van der Waals surface area contributed by atoms with Gasteiger partial charge in [0, 0.05) is 18.0 Å². The summed E-state index contributed by atoms with van der Waals surface area (Å²) >= 11 is 0. The molecule has 1 atom stereocenters. The molecule has 0 amide bonds. The number of ether oxygens (including phenoxy) is 1. The van der Waals surface area contributed by atoms with Gasteiger partial charge in [0.05, 0.1) is 0 Å². The summed E-state index contributed by atoms with van der Waals surface area (Å²) in [6, 6.07) is 16.8. The molecule has 0 N–H and O–H groups in total. The van der Waals surface area contributed by atoms with E-state index < -0.39 is 0 Å². The van der Waals surface area contributed by atoms with Gasteiger partial charge in [0.2, 0.25) is 0 Å². The number of likely N-dealkylation sites (N-methyl/N-ethyl adjacent to an activating group) is 1. The van der Waals surface area contributed by atoms with Gasteiger partial charge in [0.25, 0.3) is 0 Å². The molecule has 2 aromatic rings. The van der Waals surface area contributed by atoms with Crippen LogP contribution in [0.1, 0.15) is 49.3 Å². The van der Waals surface area contributed by atoms with Crippen LogP contribution in [-0.2, 0) is 4.79 Å². The summed E-state index contributed by atoms with van der Waals surface area (Å²) < 4.78 is 5.67. The molecule has 0 saturated carbocycles.